The van der Waals surface area contributed by atoms with Crippen molar-refractivity contribution >= 4 is 16.8 Å². The molecule has 0 saturated carbocycles. The maximum absolute atomic E-state index is 12.8. The minimum atomic E-state index is -0.805. The molecule has 3 aromatic rings. The van der Waals surface area contributed by atoms with E-state index in [1.54, 1.807) is 24.3 Å². The van der Waals surface area contributed by atoms with Gasteiger partial charge in [0.05, 0.1) is 5.39 Å². The van der Waals surface area contributed by atoms with Gasteiger partial charge in [0.25, 0.3) is 0 Å². The molecule has 116 valence electrons. The first-order valence-corrected chi connectivity index (χ1v) is 7.47. The lowest BCUT2D eigenvalue weighted by molar-refractivity contribution is 0.0951. The lowest BCUT2D eigenvalue weighted by atomic mass is 9.88. The Hall–Kier alpha value is -2.88. The fourth-order valence-corrected chi connectivity index (χ4v) is 2.78. The number of aromatic hydroxyl groups is 1. The second kappa shape index (κ2) is 6.08. The molecular weight excluding hydrogens is 292 g/mol. The van der Waals surface area contributed by atoms with E-state index in [-0.39, 0.29) is 16.9 Å². The maximum Gasteiger partial charge on any atom is 0.351 e. The van der Waals surface area contributed by atoms with Crippen LogP contribution in [0, 0.1) is 0 Å². The molecule has 0 bridgehead atoms. The number of ketones is 1. The largest absolute Gasteiger partial charge is 0.506 e. The molecule has 23 heavy (non-hydrogen) atoms. The second-order valence-electron chi connectivity index (χ2n) is 5.35. The first kappa shape index (κ1) is 15.0. The van der Waals surface area contributed by atoms with Gasteiger partial charge < -0.3 is 9.52 Å². The predicted octanol–water partition coefficient (Wildman–Crippen LogP) is 3.88. The van der Waals surface area contributed by atoms with Crippen molar-refractivity contribution in [3.63, 3.8) is 0 Å². The number of rotatable bonds is 4. The van der Waals surface area contributed by atoms with E-state index in [2.05, 4.69) is 0 Å². The zero-order valence-electron chi connectivity index (χ0n) is 12.7. The van der Waals surface area contributed by atoms with Gasteiger partial charge in [0.2, 0.25) is 0 Å². The first-order chi connectivity index (χ1) is 11.1. The second-order valence-corrected chi connectivity index (χ2v) is 5.35. The summed E-state index contributed by atoms with van der Waals surface area (Å²) in [6.45, 7) is 1.87. The Balaban J connectivity index is 2.16. The van der Waals surface area contributed by atoms with Gasteiger partial charge in [-0.2, -0.15) is 0 Å². The van der Waals surface area contributed by atoms with Crippen LogP contribution in [0.15, 0.2) is 63.8 Å². The van der Waals surface area contributed by atoms with Gasteiger partial charge in [-0.05, 0) is 24.1 Å². The smallest absolute Gasteiger partial charge is 0.351 e. The number of Topliss-reactive ketones (excluding diaryl/α,β-unsaturated/α-hetero) is 1. The highest BCUT2D eigenvalue weighted by molar-refractivity contribution is 6.06. The third-order valence-corrected chi connectivity index (χ3v) is 3.96. The maximum atomic E-state index is 12.8. The summed E-state index contributed by atoms with van der Waals surface area (Å²) in [5.74, 6) is -1.22. The molecule has 1 heterocycles. The predicted molar refractivity (Wildman–Crippen MR) is 88.0 cm³/mol. The molecule has 4 heteroatoms. The molecule has 0 radical (unpaired) electrons. The molecule has 1 aromatic heterocycles. The van der Waals surface area contributed by atoms with Crippen LogP contribution in [0.5, 0.6) is 5.75 Å². The third kappa shape index (κ3) is 2.63. The number of benzene rings is 2. The van der Waals surface area contributed by atoms with E-state index in [4.69, 9.17) is 4.42 Å². The van der Waals surface area contributed by atoms with Crippen LogP contribution in [0.3, 0.4) is 0 Å². The van der Waals surface area contributed by atoms with Gasteiger partial charge in [-0.1, -0.05) is 49.4 Å². The van der Waals surface area contributed by atoms with Crippen LogP contribution in [-0.2, 0) is 0 Å². The summed E-state index contributed by atoms with van der Waals surface area (Å²) in [6.07, 6.45) is 0.522. The van der Waals surface area contributed by atoms with E-state index >= 15 is 0 Å². The molecule has 3 rings (SSSR count). The highest BCUT2D eigenvalue weighted by Crippen LogP contribution is 2.31. The van der Waals surface area contributed by atoms with Crippen molar-refractivity contribution in [3.05, 3.63) is 76.1 Å². The van der Waals surface area contributed by atoms with Crippen LogP contribution in [0.25, 0.3) is 11.0 Å². The van der Waals surface area contributed by atoms with Crippen LogP contribution in [0.2, 0.25) is 0 Å². The summed E-state index contributed by atoms with van der Waals surface area (Å²) in [5.41, 5.74) is -0.00810. The van der Waals surface area contributed by atoms with E-state index in [0.717, 1.165) is 5.56 Å². The van der Waals surface area contributed by atoms with E-state index < -0.39 is 17.3 Å². The number of carbonyl (C=O) groups is 1. The number of hydrogen-bond acceptors (Lipinski definition) is 4. The minimum Gasteiger partial charge on any atom is -0.506 e. The number of hydrogen-bond donors (Lipinski definition) is 1. The van der Waals surface area contributed by atoms with Crippen LogP contribution >= 0.6 is 0 Å². The van der Waals surface area contributed by atoms with Crippen molar-refractivity contribution in [2.24, 2.45) is 0 Å². The van der Waals surface area contributed by atoms with E-state index in [0.29, 0.717) is 11.8 Å². The Morgan fingerprint density at radius 3 is 2.43 bits per heavy atom. The molecule has 0 spiro atoms. The van der Waals surface area contributed by atoms with Gasteiger partial charge in [-0.15, -0.1) is 0 Å². The molecule has 2 aromatic carbocycles. The molecule has 1 atom stereocenters. The fraction of sp³-hybridized carbons (Fsp3) is 0.158. The SMILES string of the molecule is CCC(C(=O)c1c(O)c2ccccc2oc1=O)c1ccccc1. The minimum absolute atomic E-state index is 0.263. The lowest BCUT2D eigenvalue weighted by Crippen LogP contribution is -2.20. The molecule has 1 unspecified atom stereocenters. The molecule has 0 amide bonds. The molecule has 0 aliphatic rings. The lowest BCUT2D eigenvalue weighted by Gasteiger charge is -2.14. The Kier molecular flexibility index (Phi) is 3.98. The van der Waals surface area contributed by atoms with Crippen molar-refractivity contribution in [1.29, 1.82) is 0 Å². The summed E-state index contributed by atoms with van der Waals surface area (Å²) in [7, 11) is 0. The highest BCUT2D eigenvalue weighted by atomic mass is 16.4. The average Bonchev–Trinajstić information content (AvgIpc) is 2.56. The molecule has 0 aliphatic carbocycles. The molecule has 1 N–H and O–H groups in total. The monoisotopic (exact) mass is 308 g/mol. The van der Waals surface area contributed by atoms with Crippen LogP contribution in [0.4, 0.5) is 0 Å². The van der Waals surface area contributed by atoms with E-state index in [1.807, 2.05) is 37.3 Å². The summed E-state index contributed by atoms with van der Waals surface area (Å²) in [4.78, 5) is 25.0. The fourth-order valence-electron chi connectivity index (χ4n) is 2.78. The number of carbonyl (C=O) groups excluding carboxylic acids is 1. The summed E-state index contributed by atoms with van der Waals surface area (Å²) in [5, 5.41) is 10.8. The summed E-state index contributed by atoms with van der Waals surface area (Å²) in [6, 6.07) is 15.8. The normalized spacial score (nSPS) is 12.2. The molecule has 0 fully saturated rings. The number of para-hydroxylation sites is 1. The van der Waals surface area contributed by atoms with Gasteiger partial charge in [0, 0.05) is 5.92 Å². The van der Waals surface area contributed by atoms with Crippen molar-refractivity contribution in [2.75, 3.05) is 0 Å². The third-order valence-electron chi connectivity index (χ3n) is 3.96. The average molecular weight is 308 g/mol. The standard InChI is InChI=1S/C19H16O4/c1-2-13(12-8-4-3-5-9-12)17(20)16-18(21)14-10-6-7-11-15(14)23-19(16)22/h3-11,13,21H,2H2,1H3. The van der Waals surface area contributed by atoms with Gasteiger partial charge in [0.1, 0.15) is 16.9 Å². The Morgan fingerprint density at radius 1 is 1.09 bits per heavy atom. The molecular formula is C19H16O4. The Labute approximate surface area is 133 Å². The van der Waals surface area contributed by atoms with Crippen molar-refractivity contribution in [2.45, 2.75) is 19.3 Å². The van der Waals surface area contributed by atoms with Gasteiger partial charge in [-0.25, -0.2) is 4.79 Å². The van der Waals surface area contributed by atoms with E-state index in [9.17, 15) is 14.7 Å². The van der Waals surface area contributed by atoms with Gasteiger partial charge >= 0.3 is 5.63 Å². The highest BCUT2D eigenvalue weighted by Gasteiger charge is 2.27. The van der Waals surface area contributed by atoms with Gasteiger partial charge in [-0.3, -0.25) is 4.79 Å². The van der Waals surface area contributed by atoms with E-state index in [1.165, 1.54) is 0 Å². The molecule has 0 aliphatic heterocycles. The Morgan fingerprint density at radius 2 is 1.74 bits per heavy atom. The quantitative estimate of drug-likeness (QED) is 0.587. The summed E-state index contributed by atoms with van der Waals surface area (Å²) < 4.78 is 5.19. The summed E-state index contributed by atoms with van der Waals surface area (Å²) >= 11 is 0. The molecule has 0 saturated heterocycles. The number of fused-ring (bicyclic) bond motifs is 1. The van der Waals surface area contributed by atoms with Gasteiger partial charge in [0.15, 0.2) is 5.78 Å². The zero-order valence-corrected chi connectivity index (χ0v) is 12.7. The topological polar surface area (TPSA) is 67.5 Å². The van der Waals surface area contributed by atoms with Crippen molar-refractivity contribution < 1.29 is 14.3 Å². The van der Waals surface area contributed by atoms with Crippen LogP contribution < -0.4 is 5.63 Å². The van der Waals surface area contributed by atoms with Crippen molar-refractivity contribution in [1.82, 2.24) is 0 Å². The van der Waals surface area contributed by atoms with Crippen molar-refractivity contribution in [3.8, 4) is 5.75 Å². The first-order valence-electron chi connectivity index (χ1n) is 7.47. The Bertz CT molecular complexity index is 910. The zero-order chi connectivity index (χ0) is 16.4. The molecule has 4 nitrogen and oxygen atoms in total. The van der Waals surface area contributed by atoms with Crippen LogP contribution in [0.1, 0.15) is 35.2 Å². The van der Waals surface area contributed by atoms with Crippen LogP contribution in [-0.4, -0.2) is 10.9 Å².